The summed E-state index contributed by atoms with van der Waals surface area (Å²) < 4.78 is 2.02. The molecule has 0 radical (unpaired) electrons. The van der Waals surface area contributed by atoms with E-state index in [0.717, 1.165) is 15.7 Å². The van der Waals surface area contributed by atoms with E-state index < -0.39 is 0 Å². The number of H-pyrrole nitrogens is 1. The number of hydrogen-bond acceptors (Lipinski definition) is 7. The Morgan fingerprint density at radius 3 is 3.15 bits per heavy atom. The van der Waals surface area contributed by atoms with Gasteiger partial charge in [0.25, 0.3) is 5.56 Å². The van der Waals surface area contributed by atoms with Crippen molar-refractivity contribution in [2.24, 2.45) is 0 Å². The predicted octanol–water partition coefficient (Wildman–Crippen LogP) is 0.932. The van der Waals surface area contributed by atoms with Crippen molar-refractivity contribution in [2.75, 3.05) is 12.8 Å². The zero-order valence-electron chi connectivity index (χ0n) is 10.6. The van der Waals surface area contributed by atoms with Crippen LogP contribution in [0.5, 0.6) is 0 Å². The Kier molecular flexibility index (Phi) is 3.47. The highest BCUT2D eigenvalue weighted by molar-refractivity contribution is 7.99. The van der Waals surface area contributed by atoms with Crippen molar-refractivity contribution in [3.63, 3.8) is 0 Å². The molecule has 0 bridgehead atoms. The van der Waals surface area contributed by atoms with Gasteiger partial charge in [0.2, 0.25) is 0 Å². The van der Waals surface area contributed by atoms with Crippen molar-refractivity contribution in [1.82, 2.24) is 24.7 Å². The molecule has 9 heteroatoms. The molecule has 20 heavy (non-hydrogen) atoms. The van der Waals surface area contributed by atoms with E-state index in [2.05, 4.69) is 20.3 Å². The highest BCUT2D eigenvalue weighted by atomic mass is 32.2. The van der Waals surface area contributed by atoms with Crippen LogP contribution in [0.25, 0.3) is 4.96 Å². The van der Waals surface area contributed by atoms with E-state index in [4.69, 9.17) is 5.73 Å². The molecule has 0 unspecified atom stereocenters. The summed E-state index contributed by atoms with van der Waals surface area (Å²) in [6.07, 6.45) is 1.97. The van der Waals surface area contributed by atoms with Crippen molar-refractivity contribution in [2.45, 2.75) is 16.7 Å². The van der Waals surface area contributed by atoms with Crippen LogP contribution in [-0.4, -0.2) is 26.4 Å². The molecule has 3 rings (SSSR count). The first kappa shape index (κ1) is 13.2. The Bertz CT molecular complexity index is 805. The SMILES string of the molecule is CNCc1c(Sc2nc(N)cc(=O)[nH]2)nc2sccn12. The molecule has 104 valence electrons. The third-order valence-corrected chi connectivity index (χ3v) is 4.27. The number of rotatable bonds is 4. The van der Waals surface area contributed by atoms with Gasteiger partial charge in [-0.25, -0.2) is 9.97 Å². The standard InChI is InChI=1S/C11H12N6OS2/c1-13-5-6-9(16-11-17(6)2-3-19-11)20-10-14-7(12)4-8(18)15-10/h2-4,13H,5H2,1H3,(H3,12,14,15,18). The molecular weight excluding hydrogens is 296 g/mol. The van der Waals surface area contributed by atoms with Gasteiger partial charge < -0.3 is 16.0 Å². The summed E-state index contributed by atoms with van der Waals surface area (Å²) in [6, 6.07) is 1.25. The number of nitrogens with zero attached hydrogens (tertiary/aromatic N) is 3. The fourth-order valence-electron chi connectivity index (χ4n) is 1.82. The minimum absolute atomic E-state index is 0.201. The fraction of sp³-hybridized carbons (Fsp3) is 0.182. The molecule has 4 N–H and O–H groups in total. The molecule has 3 heterocycles. The number of anilines is 1. The monoisotopic (exact) mass is 308 g/mol. The van der Waals surface area contributed by atoms with Gasteiger partial charge in [0.1, 0.15) is 10.8 Å². The molecule has 0 aromatic carbocycles. The van der Waals surface area contributed by atoms with Gasteiger partial charge in [-0.05, 0) is 18.8 Å². The maximum atomic E-state index is 11.4. The number of thiazole rings is 1. The number of fused-ring (bicyclic) bond motifs is 1. The lowest BCUT2D eigenvalue weighted by molar-refractivity contribution is 0.764. The maximum absolute atomic E-state index is 11.4. The van der Waals surface area contributed by atoms with Crippen LogP contribution in [0.4, 0.5) is 5.82 Å². The van der Waals surface area contributed by atoms with Gasteiger partial charge in [0.05, 0.1) is 5.69 Å². The third kappa shape index (κ3) is 2.42. The summed E-state index contributed by atoms with van der Waals surface area (Å²) in [5, 5.41) is 6.35. The van der Waals surface area contributed by atoms with Crippen LogP contribution in [0.1, 0.15) is 5.69 Å². The van der Waals surface area contributed by atoms with Crippen LogP contribution >= 0.6 is 23.1 Å². The number of nitrogens with one attached hydrogen (secondary N) is 2. The lowest BCUT2D eigenvalue weighted by Crippen LogP contribution is -2.10. The van der Waals surface area contributed by atoms with Gasteiger partial charge in [-0.1, -0.05) is 0 Å². The van der Waals surface area contributed by atoms with Crippen molar-refractivity contribution in [3.8, 4) is 0 Å². The highest BCUT2D eigenvalue weighted by Crippen LogP contribution is 2.29. The van der Waals surface area contributed by atoms with Crippen LogP contribution in [0.2, 0.25) is 0 Å². The van der Waals surface area contributed by atoms with Gasteiger partial charge in [-0.3, -0.25) is 9.20 Å². The predicted molar refractivity (Wildman–Crippen MR) is 79.2 cm³/mol. The molecular formula is C11H12N6OS2. The summed E-state index contributed by atoms with van der Waals surface area (Å²) in [7, 11) is 1.88. The van der Waals surface area contributed by atoms with Crippen LogP contribution in [0.15, 0.2) is 32.6 Å². The van der Waals surface area contributed by atoms with Gasteiger partial charge in [0.15, 0.2) is 10.1 Å². The molecule has 0 saturated carbocycles. The average molecular weight is 308 g/mol. The zero-order chi connectivity index (χ0) is 14.1. The molecule has 0 aliphatic rings. The number of nitrogens with two attached hydrogens (primary N) is 1. The van der Waals surface area contributed by atoms with Crippen molar-refractivity contribution < 1.29 is 0 Å². The Labute approximate surface area is 122 Å². The van der Waals surface area contributed by atoms with Crippen molar-refractivity contribution in [3.05, 3.63) is 33.7 Å². The summed E-state index contributed by atoms with van der Waals surface area (Å²) in [5.74, 6) is 0.201. The van der Waals surface area contributed by atoms with Crippen LogP contribution in [0, 0.1) is 0 Å². The summed E-state index contributed by atoms with van der Waals surface area (Å²) in [6.45, 7) is 0.673. The minimum atomic E-state index is -0.267. The molecule has 3 aromatic heterocycles. The average Bonchev–Trinajstić information content (AvgIpc) is 2.92. The number of nitrogen functional groups attached to an aromatic ring is 1. The fourth-order valence-corrected chi connectivity index (χ4v) is 3.51. The summed E-state index contributed by atoms with van der Waals surface area (Å²) >= 11 is 2.86. The quantitative estimate of drug-likeness (QED) is 0.620. The Hall–Kier alpha value is -1.84. The molecule has 0 spiro atoms. The summed E-state index contributed by atoms with van der Waals surface area (Å²) in [5.41, 5.74) is 6.34. The minimum Gasteiger partial charge on any atom is -0.383 e. The molecule has 0 amide bonds. The van der Waals surface area contributed by atoms with Crippen LogP contribution in [-0.2, 0) is 6.54 Å². The lowest BCUT2D eigenvalue weighted by Gasteiger charge is -2.03. The third-order valence-electron chi connectivity index (χ3n) is 2.60. The van der Waals surface area contributed by atoms with Gasteiger partial charge in [-0.2, -0.15) is 0 Å². The van der Waals surface area contributed by atoms with Crippen molar-refractivity contribution in [1.29, 1.82) is 0 Å². The van der Waals surface area contributed by atoms with Gasteiger partial charge in [0, 0.05) is 24.2 Å². The van der Waals surface area contributed by atoms with Crippen LogP contribution < -0.4 is 16.6 Å². The molecule has 3 aromatic rings. The molecule has 0 fully saturated rings. The van der Waals surface area contributed by atoms with E-state index in [1.54, 1.807) is 11.3 Å². The first-order valence-electron chi connectivity index (χ1n) is 5.81. The first-order chi connectivity index (χ1) is 9.67. The Morgan fingerprint density at radius 2 is 2.40 bits per heavy atom. The largest absolute Gasteiger partial charge is 0.383 e. The summed E-state index contributed by atoms with van der Waals surface area (Å²) in [4.78, 5) is 23.6. The van der Waals surface area contributed by atoms with Gasteiger partial charge in [-0.15, -0.1) is 11.3 Å². The van der Waals surface area contributed by atoms with E-state index in [9.17, 15) is 4.79 Å². The smallest absolute Gasteiger partial charge is 0.253 e. The second kappa shape index (κ2) is 5.27. The number of hydrogen-bond donors (Lipinski definition) is 3. The Morgan fingerprint density at radius 1 is 1.55 bits per heavy atom. The van der Waals surface area contributed by atoms with Crippen LogP contribution in [0.3, 0.4) is 0 Å². The lowest BCUT2D eigenvalue weighted by atomic mass is 10.5. The molecule has 0 aliphatic heterocycles. The van der Waals surface area contributed by atoms with E-state index >= 15 is 0 Å². The molecule has 0 saturated heterocycles. The second-order valence-electron chi connectivity index (χ2n) is 4.03. The first-order valence-corrected chi connectivity index (χ1v) is 7.50. The Balaban J connectivity index is 2.03. The van der Waals surface area contributed by atoms with E-state index in [1.807, 2.05) is 23.0 Å². The van der Waals surface area contributed by atoms with E-state index in [0.29, 0.717) is 11.7 Å². The second-order valence-corrected chi connectivity index (χ2v) is 5.88. The van der Waals surface area contributed by atoms with E-state index in [-0.39, 0.29) is 11.4 Å². The molecule has 7 nitrogen and oxygen atoms in total. The van der Waals surface area contributed by atoms with Crippen molar-refractivity contribution >= 4 is 33.9 Å². The maximum Gasteiger partial charge on any atom is 0.253 e. The number of imidazole rings is 1. The highest BCUT2D eigenvalue weighted by Gasteiger charge is 2.15. The zero-order valence-corrected chi connectivity index (χ0v) is 12.2. The molecule has 0 atom stereocenters. The number of aromatic nitrogens is 4. The van der Waals surface area contributed by atoms with E-state index in [1.165, 1.54) is 17.8 Å². The normalized spacial score (nSPS) is 11.2. The molecule has 0 aliphatic carbocycles. The number of aromatic amines is 1. The topological polar surface area (TPSA) is 101 Å². The van der Waals surface area contributed by atoms with Gasteiger partial charge >= 0.3 is 0 Å².